The summed E-state index contributed by atoms with van der Waals surface area (Å²) in [5.74, 6) is -1.65. The van der Waals surface area contributed by atoms with E-state index in [2.05, 4.69) is 32.3 Å². The molecule has 0 bridgehead atoms. The molecule has 5 rings (SSSR count). The van der Waals surface area contributed by atoms with Gasteiger partial charge in [-0.05, 0) is 79.2 Å². The molecule has 3 aromatic rings. The van der Waals surface area contributed by atoms with Crippen molar-refractivity contribution in [3.8, 4) is 0 Å². The molecular weight excluding hydrogens is 683 g/mol. The Labute approximate surface area is 318 Å². The van der Waals surface area contributed by atoms with E-state index in [4.69, 9.17) is 0 Å². The molecule has 12 heteroatoms. The van der Waals surface area contributed by atoms with Crippen LogP contribution in [0.15, 0.2) is 79.1 Å². The van der Waals surface area contributed by atoms with E-state index in [0.29, 0.717) is 51.0 Å². The maximum atomic E-state index is 14.1. The normalized spacial score (nSPS) is 17.0. The third kappa shape index (κ3) is 11.4. The zero-order chi connectivity index (χ0) is 38.7. The molecule has 6 amide bonds. The van der Waals surface area contributed by atoms with Gasteiger partial charge in [0, 0.05) is 38.8 Å². The summed E-state index contributed by atoms with van der Waals surface area (Å²) in [6.45, 7) is 6.96. The predicted octanol–water partition coefficient (Wildman–Crippen LogP) is 4.70. The SMILES string of the molecule is CN(C(=O)C1CCN(C(=O)N[C@@H](CC(=O)NCC(C)(C)C)C(=O)N[C@@H](CCc2ccccc2)C(=O)N[C@H]2CCCc3ccccc32)CC1)c1cccnc1. The summed E-state index contributed by atoms with van der Waals surface area (Å²) >= 11 is 0. The van der Waals surface area contributed by atoms with Crippen molar-refractivity contribution >= 4 is 35.3 Å². The second kappa shape index (κ2) is 18.7. The number of fused-ring (bicyclic) bond motifs is 1. The summed E-state index contributed by atoms with van der Waals surface area (Å²) in [4.78, 5) is 75.5. The third-order valence-electron chi connectivity index (χ3n) is 10.2. The van der Waals surface area contributed by atoms with Gasteiger partial charge in [-0.25, -0.2) is 4.79 Å². The number of nitrogens with zero attached hydrogens (tertiary/aromatic N) is 3. The number of nitrogens with one attached hydrogen (secondary N) is 4. The zero-order valence-corrected chi connectivity index (χ0v) is 32.0. The average Bonchev–Trinajstić information content (AvgIpc) is 3.18. The summed E-state index contributed by atoms with van der Waals surface area (Å²) in [6, 6.07) is 18.6. The molecule has 2 aliphatic rings. The predicted molar refractivity (Wildman–Crippen MR) is 208 cm³/mol. The number of likely N-dealkylation sites (tertiary alicyclic amines) is 1. The highest BCUT2D eigenvalue weighted by molar-refractivity contribution is 5.96. The number of aromatic nitrogens is 1. The second-order valence-corrected chi connectivity index (χ2v) is 15.7. The van der Waals surface area contributed by atoms with Crippen molar-refractivity contribution < 1.29 is 24.0 Å². The van der Waals surface area contributed by atoms with Crippen LogP contribution in [0.4, 0.5) is 10.5 Å². The van der Waals surface area contributed by atoms with Crippen LogP contribution < -0.4 is 26.2 Å². The van der Waals surface area contributed by atoms with Crippen molar-refractivity contribution in [1.82, 2.24) is 31.2 Å². The number of piperidine rings is 1. The van der Waals surface area contributed by atoms with E-state index in [1.807, 2.05) is 75.4 Å². The summed E-state index contributed by atoms with van der Waals surface area (Å²) in [5.41, 5.74) is 3.81. The van der Waals surface area contributed by atoms with E-state index in [-0.39, 0.29) is 35.6 Å². The van der Waals surface area contributed by atoms with Crippen LogP contribution in [0.2, 0.25) is 0 Å². The first-order valence-electron chi connectivity index (χ1n) is 19.1. The fraction of sp³-hybridized carbons (Fsp3) is 0.476. The van der Waals surface area contributed by atoms with Gasteiger partial charge >= 0.3 is 6.03 Å². The van der Waals surface area contributed by atoms with Crippen molar-refractivity contribution in [1.29, 1.82) is 0 Å². The first-order chi connectivity index (χ1) is 25.9. The van der Waals surface area contributed by atoms with Crippen molar-refractivity contribution in [2.45, 2.75) is 90.3 Å². The number of carbonyl (C=O) groups excluding carboxylic acids is 5. The van der Waals surface area contributed by atoms with Gasteiger partial charge < -0.3 is 31.1 Å². The number of carbonyl (C=O) groups is 5. The molecule has 0 unspecified atom stereocenters. The minimum atomic E-state index is -1.24. The molecule has 2 aromatic carbocycles. The van der Waals surface area contributed by atoms with Gasteiger partial charge in [0.05, 0.1) is 24.3 Å². The molecule has 54 heavy (non-hydrogen) atoms. The molecule has 1 aromatic heterocycles. The molecule has 1 saturated heterocycles. The van der Waals surface area contributed by atoms with Gasteiger partial charge in [0.15, 0.2) is 0 Å². The standard InChI is InChI=1S/C42H55N7O5/c1-42(2,3)28-44-37(50)26-36(47-41(54)49-24-21-31(22-25-49)40(53)48(4)32-16-11-23-43-27-32)39(52)46-35(20-19-29-12-6-5-7-13-29)38(51)45-34-18-10-15-30-14-8-9-17-33(30)34/h5-9,11-14,16-17,23,27,31,34-36H,10,15,18-22,24-26,28H2,1-4H3,(H,44,50)(H,45,51)(H,46,52)(H,47,54)/t34-,35-,36-/m0/s1. The number of rotatable bonds is 13. The lowest BCUT2D eigenvalue weighted by Crippen LogP contribution is -2.57. The Morgan fingerprint density at radius 3 is 2.30 bits per heavy atom. The van der Waals surface area contributed by atoms with Crippen LogP contribution in [0.3, 0.4) is 0 Å². The number of benzene rings is 2. The summed E-state index contributed by atoms with van der Waals surface area (Å²) in [6.07, 6.45) is 7.41. The van der Waals surface area contributed by atoms with Crippen molar-refractivity contribution in [2.75, 3.05) is 31.6 Å². The molecule has 288 valence electrons. The highest BCUT2D eigenvalue weighted by Crippen LogP contribution is 2.29. The Balaban J connectivity index is 1.28. The van der Waals surface area contributed by atoms with Crippen LogP contribution in [0.25, 0.3) is 0 Å². The van der Waals surface area contributed by atoms with E-state index in [9.17, 15) is 24.0 Å². The smallest absolute Gasteiger partial charge is 0.318 e. The van der Waals surface area contributed by atoms with Crippen molar-refractivity contribution in [3.05, 3.63) is 95.8 Å². The number of hydrogen-bond donors (Lipinski definition) is 4. The van der Waals surface area contributed by atoms with E-state index in [0.717, 1.165) is 30.4 Å². The van der Waals surface area contributed by atoms with Gasteiger partial charge in [-0.2, -0.15) is 0 Å². The topological polar surface area (TPSA) is 153 Å². The van der Waals surface area contributed by atoms with Crippen LogP contribution in [-0.2, 0) is 32.0 Å². The third-order valence-corrected chi connectivity index (χ3v) is 10.2. The lowest BCUT2D eigenvalue weighted by molar-refractivity contribution is -0.132. The number of pyridine rings is 1. The van der Waals surface area contributed by atoms with Gasteiger partial charge in [0.2, 0.25) is 23.6 Å². The van der Waals surface area contributed by atoms with Gasteiger partial charge in [0.1, 0.15) is 12.1 Å². The first kappa shape index (κ1) is 39.9. The Hall–Kier alpha value is -5.26. The maximum absolute atomic E-state index is 14.1. The monoisotopic (exact) mass is 737 g/mol. The molecule has 1 aliphatic carbocycles. The molecule has 2 heterocycles. The Morgan fingerprint density at radius 2 is 1.59 bits per heavy atom. The van der Waals surface area contributed by atoms with Crippen LogP contribution in [0.1, 0.15) is 82.0 Å². The van der Waals surface area contributed by atoms with E-state index >= 15 is 0 Å². The van der Waals surface area contributed by atoms with E-state index < -0.39 is 29.9 Å². The van der Waals surface area contributed by atoms with Gasteiger partial charge in [-0.1, -0.05) is 75.4 Å². The number of anilines is 1. The lowest BCUT2D eigenvalue weighted by Gasteiger charge is -2.34. The zero-order valence-electron chi connectivity index (χ0n) is 32.0. The average molecular weight is 738 g/mol. The number of hydrogen-bond acceptors (Lipinski definition) is 6. The van der Waals surface area contributed by atoms with Crippen molar-refractivity contribution in [3.63, 3.8) is 0 Å². The Bertz CT molecular complexity index is 1740. The molecule has 3 atom stereocenters. The molecule has 0 spiro atoms. The van der Waals surface area contributed by atoms with Gasteiger partial charge in [-0.3, -0.25) is 24.2 Å². The number of urea groups is 1. The molecule has 0 radical (unpaired) electrons. The highest BCUT2D eigenvalue weighted by Gasteiger charge is 2.34. The number of amides is 6. The van der Waals surface area contributed by atoms with Crippen LogP contribution in [0.5, 0.6) is 0 Å². The van der Waals surface area contributed by atoms with Crippen LogP contribution in [0, 0.1) is 11.3 Å². The highest BCUT2D eigenvalue weighted by atomic mass is 16.2. The summed E-state index contributed by atoms with van der Waals surface area (Å²) in [5, 5.41) is 11.8. The molecular formula is C42H55N7O5. The summed E-state index contributed by atoms with van der Waals surface area (Å²) in [7, 11) is 1.72. The van der Waals surface area contributed by atoms with E-state index in [1.165, 1.54) is 5.56 Å². The quantitative estimate of drug-likeness (QED) is 0.200. The Kier molecular flexibility index (Phi) is 13.8. The lowest BCUT2D eigenvalue weighted by atomic mass is 9.87. The van der Waals surface area contributed by atoms with Crippen molar-refractivity contribution in [2.24, 2.45) is 11.3 Å². The number of aryl methyl sites for hydroxylation is 2. The minimum absolute atomic E-state index is 0.0487. The molecule has 12 nitrogen and oxygen atoms in total. The molecule has 0 saturated carbocycles. The van der Waals surface area contributed by atoms with Crippen LogP contribution >= 0.6 is 0 Å². The molecule has 1 aliphatic heterocycles. The van der Waals surface area contributed by atoms with Gasteiger partial charge in [-0.15, -0.1) is 0 Å². The van der Waals surface area contributed by atoms with E-state index in [1.54, 1.807) is 35.3 Å². The Morgan fingerprint density at radius 1 is 0.870 bits per heavy atom. The van der Waals surface area contributed by atoms with Crippen LogP contribution in [-0.4, -0.2) is 78.3 Å². The maximum Gasteiger partial charge on any atom is 0.318 e. The van der Waals surface area contributed by atoms with Gasteiger partial charge in [0.25, 0.3) is 0 Å². The fourth-order valence-corrected chi connectivity index (χ4v) is 7.03. The fourth-order valence-electron chi connectivity index (χ4n) is 7.03. The largest absolute Gasteiger partial charge is 0.355 e. The summed E-state index contributed by atoms with van der Waals surface area (Å²) < 4.78 is 0. The minimum Gasteiger partial charge on any atom is -0.355 e. The molecule has 4 N–H and O–H groups in total. The second-order valence-electron chi connectivity index (χ2n) is 15.7. The first-order valence-corrected chi connectivity index (χ1v) is 19.1. The molecule has 1 fully saturated rings.